The molecule has 0 aliphatic heterocycles. The Balaban J connectivity index is 2.39. The van der Waals surface area contributed by atoms with Crippen LogP contribution in [-0.4, -0.2) is 30.9 Å². The Morgan fingerprint density at radius 2 is 2.17 bits per heavy atom. The van der Waals surface area contributed by atoms with Gasteiger partial charge in [-0.1, -0.05) is 45.2 Å². The second-order valence-corrected chi connectivity index (χ2v) is 5.74. The summed E-state index contributed by atoms with van der Waals surface area (Å²) in [7, 11) is 0. The number of benzene rings is 1. The van der Waals surface area contributed by atoms with E-state index in [0.29, 0.717) is 12.5 Å². The molecule has 0 saturated carbocycles. The molecule has 1 aromatic rings. The summed E-state index contributed by atoms with van der Waals surface area (Å²) < 4.78 is 5.83. The van der Waals surface area contributed by atoms with E-state index in [1.807, 2.05) is 24.3 Å². The molecule has 5 heteroatoms. The Kier molecular flexibility index (Phi) is 10.1. The summed E-state index contributed by atoms with van der Waals surface area (Å²) in [6.07, 6.45) is 4.85. The van der Waals surface area contributed by atoms with Crippen LogP contribution in [0.3, 0.4) is 0 Å². The van der Waals surface area contributed by atoms with E-state index >= 15 is 0 Å². The number of hydrogen-bond acceptors (Lipinski definition) is 3. The molecule has 0 aliphatic carbocycles. The predicted molar refractivity (Wildman–Crippen MR) is 93.5 cm³/mol. The standard InChI is InChI=1S/C18H30N2O3/c1-3-5-7-15(4-2)13-23-14-16-8-6-9-17(12-16)20-18(22)19-10-11-21/h6,8-9,12,15,21H,3-5,7,10-11,13-14H2,1-2H3,(H2,19,20,22). The van der Waals surface area contributed by atoms with E-state index in [4.69, 9.17) is 9.84 Å². The first-order chi connectivity index (χ1) is 11.2. The van der Waals surface area contributed by atoms with Crippen molar-refractivity contribution in [2.75, 3.05) is 25.1 Å². The number of hydrogen-bond donors (Lipinski definition) is 3. The molecular weight excluding hydrogens is 292 g/mol. The van der Waals surface area contributed by atoms with Gasteiger partial charge in [0.2, 0.25) is 0 Å². The largest absolute Gasteiger partial charge is 0.395 e. The lowest BCUT2D eigenvalue weighted by Crippen LogP contribution is -2.30. The van der Waals surface area contributed by atoms with E-state index in [2.05, 4.69) is 24.5 Å². The number of carbonyl (C=O) groups excluding carboxylic acids is 1. The number of carbonyl (C=O) groups is 1. The lowest BCUT2D eigenvalue weighted by molar-refractivity contribution is 0.0820. The van der Waals surface area contributed by atoms with Crippen LogP contribution in [0, 0.1) is 5.92 Å². The molecule has 0 bridgehead atoms. The summed E-state index contributed by atoms with van der Waals surface area (Å²) in [6.45, 7) is 5.92. The van der Waals surface area contributed by atoms with Gasteiger partial charge in [0.15, 0.2) is 0 Å². The van der Waals surface area contributed by atoms with Crippen molar-refractivity contribution in [1.29, 1.82) is 0 Å². The summed E-state index contributed by atoms with van der Waals surface area (Å²) in [6, 6.07) is 7.31. The molecule has 0 fully saturated rings. The molecule has 3 N–H and O–H groups in total. The minimum Gasteiger partial charge on any atom is -0.395 e. The molecule has 5 nitrogen and oxygen atoms in total. The second-order valence-electron chi connectivity index (χ2n) is 5.74. The average molecular weight is 322 g/mol. The minimum atomic E-state index is -0.317. The van der Waals surface area contributed by atoms with E-state index in [9.17, 15) is 4.79 Å². The number of anilines is 1. The molecule has 0 aliphatic rings. The quantitative estimate of drug-likeness (QED) is 0.583. The Hall–Kier alpha value is -1.59. The number of rotatable bonds is 11. The van der Waals surface area contributed by atoms with Crippen LogP contribution in [-0.2, 0) is 11.3 Å². The van der Waals surface area contributed by atoms with Crippen molar-refractivity contribution in [2.24, 2.45) is 5.92 Å². The van der Waals surface area contributed by atoms with Gasteiger partial charge >= 0.3 is 6.03 Å². The topological polar surface area (TPSA) is 70.6 Å². The summed E-state index contributed by atoms with van der Waals surface area (Å²) in [5.74, 6) is 0.625. The van der Waals surface area contributed by atoms with Gasteiger partial charge in [-0.3, -0.25) is 0 Å². The first kappa shape index (κ1) is 19.5. The molecule has 0 radical (unpaired) electrons. The van der Waals surface area contributed by atoms with Crippen LogP contribution in [0.5, 0.6) is 0 Å². The third kappa shape index (κ3) is 8.57. The molecule has 0 saturated heterocycles. The zero-order valence-electron chi connectivity index (χ0n) is 14.3. The average Bonchev–Trinajstić information content (AvgIpc) is 2.56. The fourth-order valence-corrected chi connectivity index (χ4v) is 2.33. The number of aliphatic hydroxyl groups excluding tert-OH is 1. The van der Waals surface area contributed by atoms with Crippen molar-refractivity contribution in [3.8, 4) is 0 Å². The van der Waals surface area contributed by atoms with Crippen molar-refractivity contribution >= 4 is 11.7 Å². The highest BCUT2D eigenvalue weighted by Gasteiger charge is 2.06. The molecular formula is C18H30N2O3. The van der Waals surface area contributed by atoms with Gasteiger partial charge in [0.05, 0.1) is 13.2 Å². The number of ether oxygens (including phenoxy) is 1. The van der Waals surface area contributed by atoms with Gasteiger partial charge in [0, 0.05) is 18.8 Å². The zero-order chi connectivity index (χ0) is 16.9. The maximum Gasteiger partial charge on any atom is 0.319 e. The van der Waals surface area contributed by atoms with Crippen molar-refractivity contribution in [2.45, 2.75) is 46.1 Å². The van der Waals surface area contributed by atoms with Gasteiger partial charge in [0.25, 0.3) is 0 Å². The summed E-state index contributed by atoms with van der Waals surface area (Å²) in [5, 5.41) is 14.0. The van der Waals surface area contributed by atoms with Crippen LogP contribution in [0.15, 0.2) is 24.3 Å². The third-order valence-corrected chi connectivity index (χ3v) is 3.75. The maximum absolute atomic E-state index is 11.6. The van der Waals surface area contributed by atoms with Crippen LogP contribution < -0.4 is 10.6 Å². The van der Waals surface area contributed by atoms with E-state index in [1.165, 1.54) is 19.3 Å². The van der Waals surface area contributed by atoms with Crippen molar-refractivity contribution < 1.29 is 14.6 Å². The van der Waals surface area contributed by atoms with Crippen LogP contribution in [0.4, 0.5) is 10.5 Å². The van der Waals surface area contributed by atoms with E-state index in [0.717, 1.165) is 24.3 Å². The minimum absolute atomic E-state index is 0.0715. The lowest BCUT2D eigenvalue weighted by Gasteiger charge is -2.15. The number of urea groups is 1. The maximum atomic E-state index is 11.6. The summed E-state index contributed by atoms with van der Waals surface area (Å²) in [4.78, 5) is 11.6. The molecule has 0 spiro atoms. The number of nitrogens with one attached hydrogen (secondary N) is 2. The monoisotopic (exact) mass is 322 g/mol. The lowest BCUT2D eigenvalue weighted by atomic mass is 10.0. The number of aliphatic hydroxyl groups is 1. The van der Waals surface area contributed by atoms with E-state index < -0.39 is 0 Å². The van der Waals surface area contributed by atoms with E-state index in [1.54, 1.807) is 0 Å². The summed E-state index contributed by atoms with van der Waals surface area (Å²) in [5.41, 5.74) is 1.76. The fourth-order valence-electron chi connectivity index (χ4n) is 2.33. The highest BCUT2D eigenvalue weighted by molar-refractivity contribution is 5.89. The molecule has 1 unspecified atom stereocenters. The van der Waals surface area contributed by atoms with Crippen LogP contribution >= 0.6 is 0 Å². The van der Waals surface area contributed by atoms with Crippen molar-refractivity contribution in [3.63, 3.8) is 0 Å². The Morgan fingerprint density at radius 3 is 2.87 bits per heavy atom. The third-order valence-electron chi connectivity index (χ3n) is 3.75. The first-order valence-corrected chi connectivity index (χ1v) is 8.52. The molecule has 0 heterocycles. The molecule has 130 valence electrons. The Bertz CT molecular complexity index is 452. The van der Waals surface area contributed by atoms with Crippen LogP contribution in [0.25, 0.3) is 0 Å². The van der Waals surface area contributed by atoms with E-state index in [-0.39, 0.29) is 19.2 Å². The highest BCUT2D eigenvalue weighted by atomic mass is 16.5. The summed E-state index contributed by atoms with van der Waals surface area (Å²) >= 11 is 0. The molecule has 23 heavy (non-hydrogen) atoms. The molecule has 1 rings (SSSR count). The number of unbranched alkanes of at least 4 members (excludes halogenated alkanes) is 1. The SMILES string of the molecule is CCCCC(CC)COCc1cccc(NC(=O)NCCO)c1. The molecule has 0 aromatic heterocycles. The van der Waals surface area contributed by atoms with Crippen LogP contribution in [0.2, 0.25) is 0 Å². The predicted octanol–water partition coefficient (Wildman–Crippen LogP) is 3.53. The molecule has 1 aromatic carbocycles. The van der Waals surface area contributed by atoms with Gasteiger partial charge in [-0.25, -0.2) is 4.79 Å². The van der Waals surface area contributed by atoms with Gasteiger partial charge in [-0.2, -0.15) is 0 Å². The highest BCUT2D eigenvalue weighted by Crippen LogP contribution is 2.15. The first-order valence-electron chi connectivity index (χ1n) is 8.52. The Morgan fingerprint density at radius 1 is 1.35 bits per heavy atom. The Labute approximate surface area is 139 Å². The molecule has 2 amide bonds. The fraction of sp³-hybridized carbons (Fsp3) is 0.611. The smallest absolute Gasteiger partial charge is 0.319 e. The van der Waals surface area contributed by atoms with Gasteiger partial charge in [-0.15, -0.1) is 0 Å². The van der Waals surface area contributed by atoms with Gasteiger partial charge in [-0.05, 0) is 30.0 Å². The van der Waals surface area contributed by atoms with Gasteiger partial charge in [0.1, 0.15) is 0 Å². The van der Waals surface area contributed by atoms with Crippen molar-refractivity contribution in [1.82, 2.24) is 5.32 Å². The second kappa shape index (κ2) is 11.9. The number of amides is 2. The van der Waals surface area contributed by atoms with Crippen molar-refractivity contribution in [3.05, 3.63) is 29.8 Å². The zero-order valence-corrected chi connectivity index (χ0v) is 14.3. The normalized spacial score (nSPS) is 12.0. The molecule has 1 atom stereocenters. The van der Waals surface area contributed by atoms with Crippen LogP contribution in [0.1, 0.15) is 45.1 Å². The van der Waals surface area contributed by atoms with Gasteiger partial charge < -0.3 is 20.5 Å².